The average molecular weight is 243 g/mol. The molecule has 1 aliphatic heterocycles. The molecule has 16 heavy (non-hydrogen) atoms. The first kappa shape index (κ1) is 11.9. The summed E-state index contributed by atoms with van der Waals surface area (Å²) in [6.45, 7) is 0.594. The Labute approximate surface area is 98.8 Å². The first-order valence-electron chi connectivity index (χ1n) is 5.36. The predicted octanol–water partition coefficient (Wildman–Crippen LogP) is 2.90. The molecule has 1 aliphatic rings. The highest BCUT2D eigenvalue weighted by atomic mass is 32.2. The van der Waals surface area contributed by atoms with E-state index in [1.807, 2.05) is 12.1 Å². The summed E-state index contributed by atoms with van der Waals surface area (Å²) in [7, 11) is 1.76. The largest absolute Gasteiger partial charge is 0.300 e. The van der Waals surface area contributed by atoms with Crippen molar-refractivity contribution >= 4 is 11.8 Å². The van der Waals surface area contributed by atoms with Crippen molar-refractivity contribution in [2.45, 2.75) is 23.0 Å². The first-order valence-corrected chi connectivity index (χ1v) is 6.24. The lowest BCUT2D eigenvalue weighted by molar-refractivity contribution is 0.101. The maximum atomic E-state index is 12.2. The van der Waals surface area contributed by atoms with Gasteiger partial charge in [-0.3, -0.25) is 4.90 Å². The third-order valence-electron chi connectivity index (χ3n) is 2.68. The van der Waals surface area contributed by atoms with E-state index in [1.54, 1.807) is 23.7 Å². The zero-order valence-corrected chi connectivity index (χ0v) is 10.0. The van der Waals surface area contributed by atoms with E-state index in [0.717, 1.165) is 13.0 Å². The third kappa shape index (κ3) is 2.95. The number of hydrogen-bond donors (Lipinski definition) is 0. The van der Waals surface area contributed by atoms with E-state index in [-0.39, 0.29) is 6.54 Å². The van der Waals surface area contributed by atoms with Crippen LogP contribution in [0.4, 0.5) is 8.78 Å². The van der Waals surface area contributed by atoms with E-state index in [9.17, 15) is 8.78 Å². The Kier molecular flexibility index (Phi) is 3.82. The van der Waals surface area contributed by atoms with Crippen LogP contribution in [-0.2, 0) is 6.42 Å². The van der Waals surface area contributed by atoms with Gasteiger partial charge in [-0.1, -0.05) is 18.2 Å². The van der Waals surface area contributed by atoms with Crippen molar-refractivity contribution in [1.82, 2.24) is 4.90 Å². The molecule has 4 heteroatoms. The number of benzene rings is 1. The molecule has 88 valence electrons. The minimum Gasteiger partial charge on any atom is -0.300 e. The zero-order valence-electron chi connectivity index (χ0n) is 9.20. The standard InChI is InChI=1S/C12H15F2NS/c1-15(8-12(13)14)7-10-6-9-4-2-3-5-11(9)16-10/h2-5,10,12H,6-8H2,1H3. The van der Waals surface area contributed by atoms with Gasteiger partial charge >= 0.3 is 0 Å². The lowest BCUT2D eigenvalue weighted by atomic mass is 10.1. The summed E-state index contributed by atoms with van der Waals surface area (Å²) in [5.74, 6) is 0. The van der Waals surface area contributed by atoms with Crippen LogP contribution in [0, 0.1) is 0 Å². The maximum absolute atomic E-state index is 12.2. The van der Waals surface area contributed by atoms with Crippen LogP contribution in [0.1, 0.15) is 5.56 Å². The molecule has 0 amide bonds. The second-order valence-corrected chi connectivity index (χ2v) is 5.51. The maximum Gasteiger partial charge on any atom is 0.251 e. The van der Waals surface area contributed by atoms with E-state index in [2.05, 4.69) is 12.1 Å². The first-order chi connectivity index (χ1) is 7.65. The SMILES string of the molecule is CN(CC(F)F)CC1Cc2ccccc2S1. The number of halogens is 2. The van der Waals surface area contributed by atoms with Crippen LogP contribution in [0.15, 0.2) is 29.2 Å². The molecule has 0 fully saturated rings. The van der Waals surface area contributed by atoms with Gasteiger partial charge in [0.25, 0.3) is 6.43 Å². The molecule has 1 nitrogen and oxygen atoms in total. The van der Waals surface area contributed by atoms with E-state index < -0.39 is 6.43 Å². The lowest BCUT2D eigenvalue weighted by Crippen LogP contribution is -2.31. The predicted molar refractivity (Wildman–Crippen MR) is 63.3 cm³/mol. The average Bonchev–Trinajstić information content (AvgIpc) is 2.57. The number of thioether (sulfide) groups is 1. The van der Waals surface area contributed by atoms with Crippen molar-refractivity contribution in [2.24, 2.45) is 0 Å². The van der Waals surface area contributed by atoms with Crippen LogP contribution in [0.25, 0.3) is 0 Å². The normalized spacial score (nSPS) is 19.4. The van der Waals surface area contributed by atoms with Crippen LogP contribution in [0.2, 0.25) is 0 Å². The molecule has 0 saturated heterocycles. The van der Waals surface area contributed by atoms with Gasteiger partial charge in [0.05, 0.1) is 6.54 Å². The Balaban J connectivity index is 1.87. The van der Waals surface area contributed by atoms with Crippen molar-refractivity contribution in [3.8, 4) is 0 Å². The van der Waals surface area contributed by atoms with Crippen LogP contribution >= 0.6 is 11.8 Å². The molecule has 0 aromatic heterocycles. The van der Waals surface area contributed by atoms with Crippen molar-refractivity contribution < 1.29 is 8.78 Å². The van der Waals surface area contributed by atoms with Gasteiger partial charge in [-0.15, -0.1) is 11.8 Å². The van der Waals surface area contributed by atoms with Gasteiger partial charge in [0, 0.05) is 16.7 Å². The molecule has 0 bridgehead atoms. The van der Waals surface area contributed by atoms with Crippen LogP contribution in [-0.4, -0.2) is 36.7 Å². The molecule has 0 saturated carbocycles. The van der Waals surface area contributed by atoms with E-state index >= 15 is 0 Å². The van der Waals surface area contributed by atoms with Gasteiger partial charge in [-0.25, -0.2) is 8.78 Å². The van der Waals surface area contributed by atoms with Gasteiger partial charge in [-0.05, 0) is 25.1 Å². The number of fused-ring (bicyclic) bond motifs is 1. The fourth-order valence-electron chi connectivity index (χ4n) is 2.01. The minimum absolute atomic E-state index is 0.132. The fraction of sp³-hybridized carbons (Fsp3) is 0.500. The van der Waals surface area contributed by atoms with Crippen molar-refractivity contribution in [3.63, 3.8) is 0 Å². The molecule has 1 aromatic rings. The summed E-state index contributed by atoms with van der Waals surface area (Å²) in [4.78, 5) is 3.02. The van der Waals surface area contributed by atoms with Gasteiger partial charge < -0.3 is 0 Å². The molecule has 1 unspecified atom stereocenters. The van der Waals surface area contributed by atoms with Gasteiger partial charge in [0.1, 0.15) is 0 Å². The van der Waals surface area contributed by atoms with Crippen LogP contribution < -0.4 is 0 Å². The fourth-order valence-corrected chi connectivity index (χ4v) is 3.42. The van der Waals surface area contributed by atoms with Crippen molar-refractivity contribution in [1.29, 1.82) is 0 Å². The van der Waals surface area contributed by atoms with Gasteiger partial charge in [0.15, 0.2) is 0 Å². The molecular weight excluding hydrogens is 228 g/mol. The minimum atomic E-state index is -2.24. The van der Waals surface area contributed by atoms with E-state index in [0.29, 0.717) is 5.25 Å². The number of hydrogen-bond acceptors (Lipinski definition) is 2. The molecule has 0 N–H and O–H groups in total. The molecule has 0 aliphatic carbocycles. The third-order valence-corrected chi connectivity index (χ3v) is 3.98. The highest BCUT2D eigenvalue weighted by Crippen LogP contribution is 2.36. The van der Waals surface area contributed by atoms with Crippen LogP contribution in [0.5, 0.6) is 0 Å². The highest BCUT2D eigenvalue weighted by Gasteiger charge is 2.23. The smallest absolute Gasteiger partial charge is 0.251 e. The van der Waals surface area contributed by atoms with Gasteiger partial charge in [0.2, 0.25) is 0 Å². The van der Waals surface area contributed by atoms with Crippen LogP contribution in [0.3, 0.4) is 0 Å². The molecular formula is C12H15F2NS. The number of rotatable bonds is 4. The zero-order chi connectivity index (χ0) is 11.5. The Hall–Kier alpha value is -0.610. The summed E-state index contributed by atoms with van der Waals surface area (Å²) in [5.41, 5.74) is 1.35. The number of nitrogens with zero attached hydrogens (tertiary/aromatic N) is 1. The Morgan fingerprint density at radius 3 is 2.88 bits per heavy atom. The van der Waals surface area contributed by atoms with Crippen molar-refractivity contribution in [2.75, 3.05) is 20.1 Å². The summed E-state index contributed by atoms with van der Waals surface area (Å²) in [6, 6.07) is 8.28. The number of alkyl halides is 2. The highest BCUT2D eigenvalue weighted by molar-refractivity contribution is 8.00. The molecule has 0 spiro atoms. The Morgan fingerprint density at radius 1 is 1.44 bits per heavy atom. The monoisotopic (exact) mass is 243 g/mol. The topological polar surface area (TPSA) is 3.24 Å². The summed E-state index contributed by atoms with van der Waals surface area (Å²) in [6.07, 6.45) is -1.24. The van der Waals surface area contributed by atoms with E-state index in [4.69, 9.17) is 0 Å². The Morgan fingerprint density at radius 2 is 2.19 bits per heavy atom. The van der Waals surface area contributed by atoms with E-state index in [1.165, 1.54) is 10.5 Å². The second kappa shape index (κ2) is 5.15. The molecule has 1 atom stereocenters. The second-order valence-electron chi connectivity index (χ2n) is 4.16. The lowest BCUT2D eigenvalue weighted by Gasteiger charge is -2.19. The molecule has 1 heterocycles. The van der Waals surface area contributed by atoms with Crippen molar-refractivity contribution in [3.05, 3.63) is 29.8 Å². The van der Waals surface area contributed by atoms with Gasteiger partial charge in [-0.2, -0.15) is 0 Å². The summed E-state index contributed by atoms with van der Waals surface area (Å²) in [5, 5.41) is 0.418. The molecule has 0 radical (unpaired) electrons. The quantitative estimate of drug-likeness (QED) is 0.800. The molecule has 1 aromatic carbocycles. The summed E-state index contributed by atoms with van der Waals surface area (Å²) >= 11 is 1.81. The summed E-state index contributed by atoms with van der Waals surface area (Å²) < 4.78 is 24.3. The Bertz CT molecular complexity index is 332. The molecule has 2 rings (SSSR count).